The van der Waals surface area contributed by atoms with Crippen molar-refractivity contribution in [3.05, 3.63) is 21.4 Å². The number of unbranched alkanes of at least 4 members (excludes halogenated alkanes) is 1. The summed E-state index contributed by atoms with van der Waals surface area (Å²) in [5.41, 5.74) is 1.39. The molecule has 3 rings (SSSR count). The monoisotopic (exact) mass is 292 g/mol. The standard InChI is InChI=1S/C16H24N2OS/c1-2-3-8-17-16(19)14-9-12-10-18(11-15(12)20-14)13-6-4-5-7-13/h9,13H,2-8,10-11H2,1H3,(H,17,19). The van der Waals surface area contributed by atoms with Crippen LogP contribution in [0.1, 0.15) is 65.6 Å². The predicted molar refractivity (Wildman–Crippen MR) is 83.1 cm³/mol. The molecule has 1 fully saturated rings. The van der Waals surface area contributed by atoms with Crippen LogP contribution in [0.2, 0.25) is 0 Å². The van der Waals surface area contributed by atoms with Gasteiger partial charge in [0.25, 0.3) is 5.91 Å². The van der Waals surface area contributed by atoms with Gasteiger partial charge in [-0.25, -0.2) is 0 Å². The highest BCUT2D eigenvalue weighted by atomic mass is 32.1. The van der Waals surface area contributed by atoms with Crippen LogP contribution in [-0.4, -0.2) is 23.4 Å². The molecule has 0 spiro atoms. The van der Waals surface area contributed by atoms with Gasteiger partial charge in [-0.15, -0.1) is 11.3 Å². The normalized spacial score (nSPS) is 19.4. The van der Waals surface area contributed by atoms with E-state index in [-0.39, 0.29) is 5.91 Å². The second kappa shape index (κ2) is 6.27. The Labute approximate surface area is 125 Å². The number of thiophene rings is 1. The second-order valence-corrected chi connectivity index (χ2v) is 7.15. The lowest BCUT2D eigenvalue weighted by Crippen LogP contribution is -2.28. The van der Waals surface area contributed by atoms with E-state index in [0.29, 0.717) is 0 Å². The van der Waals surface area contributed by atoms with Crippen LogP contribution >= 0.6 is 11.3 Å². The fourth-order valence-corrected chi connectivity index (χ4v) is 4.42. The molecule has 2 aliphatic rings. The van der Waals surface area contributed by atoms with Crippen molar-refractivity contribution >= 4 is 17.2 Å². The number of carbonyl (C=O) groups is 1. The first-order chi connectivity index (χ1) is 9.78. The van der Waals surface area contributed by atoms with E-state index in [1.54, 1.807) is 11.3 Å². The number of hydrogen-bond acceptors (Lipinski definition) is 3. The number of nitrogens with one attached hydrogen (secondary N) is 1. The molecular formula is C16H24N2OS. The van der Waals surface area contributed by atoms with E-state index in [1.807, 2.05) is 0 Å². The van der Waals surface area contributed by atoms with Gasteiger partial charge < -0.3 is 5.32 Å². The highest BCUT2D eigenvalue weighted by Crippen LogP contribution is 2.35. The fourth-order valence-electron chi connectivity index (χ4n) is 3.30. The molecule has 0 radical (unpaired) electrons. The molecule has 20 heavy (non-hydrogen) atoms. The molecule has 3 nitrogen and oxygen atoms in total. The molecule has 0 aromatic carbocycles. The minimum atomic E-state index is 0.116. The lowest BCUT2D eigenvalue weighted by molar-refractivity contribution is 0.0957. The number of nitrogens with zero attached hydrogens (tertiary/aromatic N) is 1. The average molecular weight is 292 g/mol. The van der Waals surface area contributed by atoms with E-state index >= 15 is 0 Å². The van der Waals surface area contributed by atoms with Crippen LogP contribution in [0.15, 0.2) is 6.07 Å². The van der Waals surface area contributed by atoms with Crippen LogP contribution < -0.4 is 5.32 Å². The lowest BCUT2D eigenvalue weighted by Gasteiger charge is -2.22. The molecule has 1 amide bonds. The Morgan fingerprint density at radius 1 is 1.40 bits per heavy atom. The number of amides is 1. The van der Waals surface area contributed by atoms with E-state index in [2.05, 4.69) is 23.2 Å². The fraction of sp³-hybridized carbons (Fsp3) is 0.688. The van der Waals surface area contributed by atoms with Crippen molar-refractivity contribution < 1.29 is 4.79 Å². The van der Waals surface area contributed by atoms with E-state index in [1.165, 1.54) is 36.1 Å². The maximum atomic E-state index is 12.0. The minimum Gasteiger partial charge on any atom is -0.351 e. The summed E-state index contributed by atoms with van der Waals surface area (Å²) in [6, 6.07) is 2.91. The van der Waals surface area contributed by atoms with E-state index in [4.69, 9.17) is 0 Å². The van der Waals surface area contributed by atoms with Gasteiger partial charge in [-0.05, 0) is 30.9 Å². The number of rotatable bonds is 5. The maximum Gasteiger partial charge on any atom is 0.261 e. The van der Waals surface area contributed by atoms with Crippen LogP contribution in [0, 0.1) is 0 Å². The molecule has 1 aliphatic heterocycles. The third-order valence-corrected chi connectivity index (χ3v) is 5.66. The number of fused-ring (bicyclic) bond motifs is 1. The van der Waals surface area contributed by atoms with Crippen LogP contribution in [0.3, 0.4) is 0 Å². The Morgan fingerprint density at radius 3 is 2.90 bits per heavy atom. The average Bonchev–Trinajstić information content (AvgIpc) is 3.13. The zero-order chi connectivity index (χ0) is 13.9. The first-order valence-corrected chi connectivity index (χ1v) is 8.73. The topological polar surface area (TPSA) is 32.3 Å². The maximum absolute atomic E-state index is 12.0. The van der Waals surface area contributed by atoms with Crippen LogP contribution in [0.5, 0.6) is 0 Å². The molecule has 0 saturated heterocycles. The molecule has 4 heteroatoms. The van der Waals surface area contributed by atoms with Gasteiger partial charge in [0, 0.05) is 30.6 Å². The van der Waals surface area contributed by atoms with Gasteiger partial charge >= 0.3 is 0 Å². The first kappa shape index (κ1) is 14.1. The Morgan fingerprint density at radius 2 is 2.20 bits per heavy atom. The zero-order valence-corrected chi connectivity index (χ0v) is 13.1. The molecule has 2 heterocycles. The summed E-state index contributed by atoms with van der Waals surface area (Å²) in [6.07, 6.45) is 7.68. The SMILES string of the molecule is CCCCNC(=O)c1cc2c(s1)CN(C1CCCC1)C2. The number of carbonyl (C=O) groups excluding carboxylic acids is 1. The van der Waals surface area contributed by atoms with Gasteiger partial charge in [0.2, 0.25) is 0 Å². The largest absolute Gasteiger partial charge is 0.351 e. The Kier molecular flexibility index (Phi) is 4.41. The van der Waals surface area contributed by atoms with E-state index in [0.717, 1.165) is 43.4 Å². The van der Waals surface area contributed by atoms with Crippen molar-refractivity contribution in [2.75, 3.05) is 6.54 Å². The van der Waals surface area contributed by atoms with E-state index in [9.17, 15) is 4.79 Å². The minimum absolute atomic E-state index is 0.116. The van der Waals surface area contributed by atoms with Crippen LogP contribution in [0.25, 0.3) is 0 Å². The van der Waals surface area contributed by atoms with Gasteiger partial charge in [0.15, 0.2) is 0 Å². The van der Waals surface area contributed by atoms with Gasteiger partial charge in [-0.2, -0.15) is 0 Å². The quantitative estimate of drug-likeness (QED) is 0.842. The van der Waals surface area contributed by atoms with Gasteiger partial charge in [-0.3, -0.25) is 9.69 Å². The molecule has 0 atom stereocenters. The van der Waals surface area contributed by atoms with Crippen LogP contribution in [0.4, 0.5) is 0 Å². The Bertz CT molecular complexity index is 453. The second-order valence-electron chi connectivity index (χ2n) is 6.01. The summed E-state index contributed by atoms with van der Waals surface area (Å²) in [5.74, 6) is 0.116. The molecule has 0 unspecified atom stereocenters. The summed E-state index contributed by atoms with van der Waals surface area (Å²) in [7, 11) is 0. The van der Waals surface area contributed by atoms with Crippen molar-refractivity contribution in [1.29, 1.82) is 0 Å². The number of hydrogen-bond donors (Lipinski definition) is 1. The zero-order valence-electron chi connectivity index (χ0n) is 12.3. The lowest BCUT2D eigenvalue weighted by atomic mass is 10.2. The molecular weight excluding hydrogens is 268 g/mol. The van der Waals surface area contributed by atoms with Crippen molar-refractivity contribution in [3.63, 3.8) is 0 Å². The molecule has 1 aliphatic carbocycles. The predicted octanol–water partition coefficient (Wildman–Crippen LogP) is 3.54. The Hall–Kier alpha value is -0.870. The smallest absolute Gasteiger partial charge is 0.261 e. The summed E-state index contributed by atoms with van der Waals surface area (Å²) in [4.78, 5) is 17.0. The molecule has 1 aromatic heterocycles. The summed E-state index contributed by atoms with van der Waals surface area (Å²) in [5, 5.41) is 3.01. The highest BCUT2D eigenvalue weighted by Gasteiger charge is 2.30. The molecule has 1 saturated carbocycles. The van der Waals surface area contributed by atoms with Crippen molar-refractivity contribution in [2.24, 2.45) is 0 Å². The van der Waals surface area contributed by atoms with Crippen molar-refractivity contribution in [3.8, 4) is 0 Å². The molecule has 0 bridgehead atoms. The summed E-state index contributed by atoms with van der Waals surface area (Å²) in [6.45, 7) is 5.06. The molecule has 1 N–H and O–H groups in total. The molecule has 110 valence electrons. The van der Waals surface area contributed by atoms with Gasteiger partial charge in [0.05, 0.1) is 4.88 Å². The van der Waals surface area contributed by atoms with Crippen molar-refractivity contribution in [2.45, 2.75) is 64.6 Å². The summed E-state index contributed by atoms with van der Waals surface area (Å²) < 4.78 is 0. The van der Waals surface area contributed by atoms with Crippen LogP contribution in [-0.2, 0) is 13.1 Å². The Balaban J connectivity index is 1.58. The third kappa shape index (κ3) is 2.91. The third-order valence-electron chi connectivity index (χ3n) is 4.50. The highest BCUT2D eigenvalue weighted by molar-refractivity contribution is 7.14. The first-order valence-electron chi connectivity index (χ1n) is 7.91. The van der Waals surface area contributed by atoms with Crippen molar-refractivity contribution in [1.82, 2.24) is 10.2 Å². The van der Waals surface area contributed by atoms with E-state index < -0.39 is 0 Å². The summed E-state index contributed by atoms with van der Waals surface area (Å²) >= 11 is 1.70. The van der Waals surface area contributed by atoms with Gasteiger partial charge in [-0.1, -0.05) is 26.2 Å². The molecule has 1 aromatic rings. The van der Waals surface area contributed by atoms with Gasteiger partial charge in [0.1, 0.15) is 0 Å².